The molecule has 6 heteroatoms. The number of nitrogens with two attached hydrogens (primary N) is 1. The summed E-state index contributed by atoms with van der Waals surface area (Å²) in [5.41, 5.74) is 11.3. The van der Waals surface area contributed by atoms with Gasteiger partial charge in [0.1, 0.15) is 5.25 Å². The Kier molecular flexibility index (Phi) is 4.88. The highest BCUT2D eigenvalue weighted by molar-refractivity contribution is 8.00. The number of aromatic nitrogens is 3. The van der Waals surface area contributed by atoms with Crippen LogP contribution >= 0.6 is 11.8 Å². The zero-order valence-electron chi connectivity index (χ0n) is 15.7. The highest BCUT2D eigenvalue weighted by atomic mass is 32.2. The standard InChI is InChI=1S/C22H20N4OS/c1-14-13-15(2)25-26-19(14)18(16-9-5-3-6-10-16)24-22(26)28-20(21(23)27)17-11-7-4-8-12-17/h3-13,20H,1-2H3,(H2,23,27)/t20-/m0/s1. The number of aryl methyl sites for hydroxylation is 2. The van der Waals surface area contributed by atoms with Crippen molar-refractivity contribution in [3.8, 4) is 11.3 Å². The number of hydrogen-bond donors (Lipinski definition) is 1. The predicted octanol–water partition coefficient (Wildman–Crippen LogP) is 4.33. The number of imidazole rings is 1. The number of primary amides is 1. The number of carbonyl (C=O) groups is 1. The van der Waals surface area contributed by atoms with Gasteiger partial charge in [-0.2, -0.15) is 5.10 Å². The average Bonchev–Trinajstić information content (AvgIpc) is 3.06. The van der Waals surface area contributed by atoms with Crippen molar-refractivity contribution in [2.24, 2.45) is 5.73 Å². The van der Waals surface area contributed by atoms with Crippen LogP contribution in [0.2, 0.25) is 0 Å². The first kappa shape index (κ1) is 18.3. The summed E-state index contributed by atoms with van der Waals surface area (Å²) in [6.07, 6.45) is 0. The molecule has 0 saturated carbocycles. The lowest BCUT2D eigenvalue weighted by molar-refractivity contribution is -0.117. The van der Waals surface area contributed by atoms with E-state index in [-0.39, 0.29) is 0 Å². The Morgan fingerprint density at radius 2 is 1.68 bits per heavy atom. The summed E-state index contributed by atoms with van der Waals surface area (Å²) in [6, 6.07) is 21.6. The number of nitrogens with zero attached hydrogens (tertiary/aromatic N) is 3. The molecule has 0 aliphatic rings. The normalized spacial score (nSPS) is 12.2. The highest BCUT2D eigenvalue weighted by Gasteiger charge is 2.24. The van der Waals surface area contributed by atoms with Crippen molar-refractivity contribution in [2.45, 2.75) is 24.3 Å². The molecule has 4 rings (SSSR count). The Morgan fingerprint density at radius 1 is 1.04 bits per heavy atom. The van der Waals surface area contributed by atoms with Crippen LogP contribution in [0.15, 0.2) is 71.9 Å². The van der Waals surface area contributed by atoms with Crippen molar-refractivity contribution < 1.29 is 4.79 Å². The first-order chi connectivity index (χ1) is 13.5. The van der Waals surface area contributed by atoms with Crippen molar-refractivity contribution in [1.29, 1.82) is 0 Å². The molecule has 2 N–H and O–H groups in total. The maximum atomic E-state index is 12.2. The van der Waals surface area contributed by atoms with Crippen molar-refractivity contribution >= 4 is 23.2 Å². The monoisotopic (exact) mass is 388 g/mol. The fourth-order valence-corrected chi connectivity index (χ4v) is 4.30. The summed E-state index contributed by atoms with van der Waals surface area (Å²) < 4.78 is 1.83. The first-order valence-electron chi connectivity index (χ1n) is 8.98. The molecular weight excluding hydrogens is 368 g/mol. The highest BCUT2D eigenvalue weighted by Crippen LogP contribution is 2.37. The lowest BCUT2D eigenvalue weighted by Crippen LogP contribution is -2.19. The molecule has 0 aliphatic carbocycles. The molecular formula is C22H20N4OS. The third-order valence-electron chi connectivity index (χ3n) is 4.51. The van der Waals surface area contributed by atoms with Gasteiger partial charge in [-0.25, -0.2) is 9.50 Å². The third kappa shape index (κ3) is 3.39. The molecule has 0 unspecified atom stereocenters. The molecule has 4 aromatic rings. The largest absolute Gasteiger partial charge is 0.368 e. The zero-order valence-corrected chi connectivity index (χ0v) is 16.5. The van der Waals surface area contributed by atoms with Gasteiger partial charge in [-0.05, 0) is 31.0 Å². The van der Waals surface area contributed by atoms with E-state index in [1.54, 1.807) is 0 Å². The quantitative estimate of drug-likeness (QED) is 0.517. The van der Waals surface area contributed by atoms with E-state index in [2.05, 4.69) is 12.0 Å². The minimum atomic E-state index is -0.543. The number of benzene rings is 2. The fraction of sp³-hybridized carbons (Fsp3) is 0.136. The van der Waals surface area contributed by atoms with Gasteiger partial charge in [0.2, 0.25) is 5.91 Å². The molecule has 0 fully saturated rings. The van der Waals surface area contributed by atoms with Gasteiger partial charge < -0.3 is 5.73 Å². The van der Waals surface area contributed by atoms with Gasteiger partial charge >= 0.3 is 0 Å². The van der Waals surface area contributed by atoms with Crippen molar-refractivity contribution in [2.75, 3.05) is 0 Å². The summed E-state index contributed by atoms with van der Waals surface area (Å²) in [5.74, 6) is -0.404. The van der Waals surface area contributed by atoms with Crippen molar-refractivity contribution in [1.82, 2.24) is 14.6 Å². The third-order valence-corrected chi connectivity index (χ3v) is 5.73. The van der Waals surface area contributed by atoms with E-state index < -0.39 is 11.2 Å². The van der Waals surface area contributed by atoms with Gasteiger partial charge in [0.05, 0.1) is 16.9 Å². The number of thioether (sulfide) groups is 1. The Balaban J connectivity index is 1.88. The van der Waals surface area contributed by atoms with Crippen LogP contribution in [0.1, 0.15) is 22.1 Å². The van der Waals surface area contributed by atoms with Crippen LogP contribution < -0.4 is 5.73 Å². The van der Waals surface area contributed by atoms with Crippen LogP contribution in [-0.2, 0) is 4.79 Å². The molecule has 140 valence electrons. The van der Waals surface area contributed by atoms with Gasteiger partial charge in [0, 0.05) is 5.56 Å². The molecule has 0 spiro atoms. The second kappa shape index (κ2) is 7.48. The van der Waals surface area contributed by atoms with Crippen LogP contribution in [0.25, 0.3) is 16.8 Å². The summed E-state index contributed by atoms with van der Waals surface area (Å²) in [7, 11) is 0. The van der Waals surface area contributed by atoms with E-state index in [1.165, 1.54) is 11.8 Å². The first-order valence-corrected chi connectivity index (χ1v) is 9.86. The number of amides is 1. The number of carbonyl (C=O) groups excluding carboxylic acids is 1. The summed E-state index contributed by atoms with van der Waals surface area (Å²) >= 11 is 1.33. The lowest BCUT2D eigenvalue weighted by atomic mass is 10.1. The molecule has 1 atom stereocenters. The molecule has 0 saturated heterocycles. The Morgan fingerprint density at radius 3 is 2.32 bits per heavy atom. The molecule has 2 aromatic carbocycles. The fourth-order valence-electron chi connectivity index (χ4n) is 3.30. The molecule has 0 bridgehead atoms. The molecule has 2 aromatic heterocycles. The van der Waals surface area contributed by atoms with Gasteiger partial charge in [-0.1, -0.05) is 72.4 Å². The molecule has 1 amide bonds. The van der Waals surface area contributed by atoms with Crippen LogP contribution in [0.3, 0.4) is 0 Å². The minimum absolute atomic E-state index is 0.404. The van der Waals surface area contributed by atoms with Crippen LogP contribution in [0.5, 0.6) is 0 Å². The maximum Gasteiger partial charge on any atom is 0.235 e. The summed E-state index contributed by atoms with van der Waals surface area (Å²) in [6.45, 7) is 4.00. The van der Waals surface area contributed by atoms with Gasteiger partial charge in [0.25, 0.3) is 0 Å². The second-order valence-electron chi connectivity index (χ2n) is 6.65. The number of hydrogen-bond acceptors (Lipinski definition) is 4. The predicted molar refractivity (Wildman–Crippen MR) is 112 cm³/mol. The van der Waals surface area contributed by atoms with Crippen molar-refractivity contribution in [3.63, 3.8) is 0 Å². The summed E-state index contributed by atoms with van der Waals surface area (Å²) in [5, 5.41) is 4.77. The SMILES string of the molecule is Cc1cc(C)c2c(-c3ccccc3)nc(S[C@H](C(N)=O)c3ccccc3)n2n1. The smallest absolute Gasteiger partial charge is 0.235 e. The average molecular weight is 388 g/mol. The molecule has 28 heavy (non-hydrogen) atoms. The molecule has 0 radical (unpaired) electrons. The zero-order chi connectivity index (χ0) is 19.7. The maximum absolute atomic E-state index is 12.2. The molecule has 0 aliphatic heterocycles. The van der Waals surface area contributed by atoms with Crippen molar-refractivity contribution in [3.05, 3.63) is 83.6 Å². The van der Waals surface area contributed by atoms with Gasteiger partial charge in [-0.3, -0.25) is 4.79 Å². The van der Waals surface area contributed by atoms with E-state index in [9.17, 15) is 4.79 Å². The lowest BCUT2D eigenvalue weighted by Gasteiger charge is -2.12. The Hall–Kier alpha value is -3.12. The van der Waals surface area contributed by atoms with E-state index in [1.807, 2.05) is 78.2 Å². The Bertz CT molecular complexity index is 1140. The van der Waals surface area contributed by atoms with E-state index in [4.69, 9.17) is 10.7 Å². The second-order valence-corrected chi connectivity index (χ2v) is 7.72. The molecule has 2 heterocycles. The van der Waals surface area contributed by atoms with Crippen LogP contribution in [0.4, 0.5) is 0 Å². The van der Waals surface area contributed by atoms with Crippen LogP contribution in [-0.4, -0.2) is 20.5 Å². The molecule has 5 nitrogen and oxygen atoms in total. The number of rotatable bonds is 5. The topological polar surface area (TPSA) is 73.3 Å². The van der Waals surface area contributed by atoms with Gasteiger partial charge in [0.15, 0.2) is 5.16 Å². The number of fused-ring (bicyclic) bond motifs is 1. The van der Waals surface area contributed by atoms with E-state index >= 15 is 0 Å². The minimum Gasteiger partial charge on any atom is -0.368 e. The summed E-state index contributed by atoms with van der Waals surface area (Å²) in [4.78, 5) is 17.1. The van der Waals surface area contributed by atoms with Gasteiger partial charge in [-0.15, -0.1) is 0 Å². The van der Waals surface area contributed by atoms with E-state index in [0.717, 1.165) is 33.6 Å². The van der Waals surface area contributed by atoms with Crippen LogP contribution in [0, 0.1) is 13.8 Å². The Labute approximate surface area is 167 Å². The van der Waals surface area contributed by atoms with E-state index in [0.29, 0.717) is 5.16 Å².